The molecule has 5 heteroatoms. The standard InChI is InChI=1S/C22H28N4O/c27-22(20-6-10-23-11-7-20)26-16-14-25(15-17-26)21-8-12-24(13-9-21)18-19-4-2-1-3-5-19/h1-7,10-11,21H,8-9,12-18H2/p+2. The Kier molecular flexibility index (Phi) is 5.80. The third kappa shape index (κ3) is 4.54. The molecule has 2 N–H and O–H groups in total. The van der Waals surface area contributed by atoms with Crippen LogP contribution in [0.1, 0.15) is 28.8 Å². The van der Waals surface area contributed by atoms with Crippen molar-refractivity contribution < 1.29 is 14.6 Å². The Labute approximate surface area is 161 Å². The van der Waals surface area contributed by atoms with Crippen molar-refractivity contribution in [2.24, 2.45) is 0 Å². The van der Waals surface area contributed by atoms with Gasteiger partial charge >= 0.3 is 0 Å². The molecule has 0 spiro atoms. The minimum Gasteiger partial charge on any atom is -0.331 e. The van der Waals surface area contributed by atoms with Gasteiger partial charge in [-0.25, -0.2) is 0 Å². The molecule has 2 aliphatic heterocycles. The maximum Gasteiger partial charge on any atom is 0.254 e. The van der Waals surface area contributed by atoms with E-state index in [0.29, 0.717) is 0 Å². The summed E-state index contributed by atoms with van der Waals surface area (Å²) in [6.07, 6.45) is 5.99. The van der Waals surface area contributed by atoms with Gasteiger partial charge in [0, 0.05) is 36.4 Å². The monoisotopic (exact) mass is 366 g/mol. The summed E-state index contributed by atoms with van der Waals surface area (Å²) in [4.78, 5) is 22.0. The first kappa shape index (κ1) is 18.1. The van der Waals surface area contributed by atoms with E-state index in [2.05, 4.69) is 35.3 Å². The fourth-order valence-electron chi connectivity index (χ4n) is 4.58. The highest BCUT2D eigenvalue weighted by Crippen LogP contribution is 2.05. The van der Waals surface area contributed by atoms with Gasteiger partial charge in [0.15, 0.2) is 0 Å². The zero-order valence-electron chi connectivity index (χ0n) is 15.9. The van der Waals surface area contributed by atoms with Crippen LogP contribution in [-0.2, 0) is 6.54 Å². The lowest BCUT2D eigenvalue weighted by Gasteiger charge is -2.39. The number of aromatic nitrogens is 1. The number of piperidine rings is 1. The largest absolute Gasteiger partial charge is 0.331 e. The lowest BCUT2D eigenvalue weighted by molar-refractivity contribution is -0.965. The van der Waals surface area contributed by atoms with Crippen LogP contribution in [0.5, 0.6) is 0 Å². The molecule has 0 atom stereocenters. The van der Waals surface area contributed by atoms with Crippen LogP contribution in [-0.4, -0.2) is 61.1 Å². The molecule has 0 bridgehead atoms. The van der Waals surface area contributed by atoms with E-state index in [1.807, 2.05) is 17.0 Å². The molecule has 2 aliphatic rings. The number of nitrogens with zero attached hydrogens (tertiary/aromatic N) is 2. The Morgan fingerprint density at radius 3 is 2.30 bits per heavy atom. The highest BCUT2D eigenvalue weighted by Gasteiger charge is 2.33. The number of piperazine rings is 1. The van der Waals surface area contributed by atoms with Gasteiger partial charge in [0.05, 0.1) is 45.3 Å². The minimum absolute atomic E-state index is 0.151. The zero-order valence-corrected chi connectivity index (χ0v) is 15.9. The topological polar surface area (TPSA) is 42.1 Å². The number of hydrogen-bond acceptors (Lipinski definition) is 2. The molecule has 2 saturated heterocycles. The molecule has 1 aromatic heterocycles. The molecule has 0 radical (unpaired) electrons. The molecule has 142 valence electrons. The molecule has 2 fully saturated rings. The van der Waals surface area contributed by atoms with Gasteiger partial charge in [-0.3, -0.25) is 9.78 Å². The van der Waals surface area contributed by atoms with Gasteiger partial charge in [-0.05, 0) is 12.1 Å². The predicted molar refractivity (Wildman–Crippen MR) is 105 cm³/mol. The van der Waals surface area contributed by atoms with Gasteiger partial charge < -0.3 is 14.7 Å². The van der Waals surface area contributed by atoms with E-state index in [1.165, 1.54) is 31.5 Å². The van der Waals surface area contributed by atoms with Gasteiger partial charge in [-0.1, -0.05) is 30.3 Å². The highest BCUT2D eigenvalue weighted by molar-refractivity contribution is 5.94. The Morgan fingerprint density at radius 2 is 1.63 bits per heavy atom. The fraction of sp³-hybridized carbons (Fsp3) is 0.455. The smallest absolute Gasteiger partial charge is 0.254 e. The number of rotatable bonds is 4. The summed E-state index contributed by atoms with van der Waals surface area (Å²) in [5.41, 5.74) is 2.20. The van der Waals surface area contributed by atoms with E-state index >= 15 is 0 Å². The fourth-order valence-corrected chi connectivity index (χ4v) is 4.58. The Hall–Kier alpha value is -2.24. The summed E-state index contributed by atoms with van der Waals surface area (Å²) in [7, 11) is 0. The first-order valence-corrected chi connectivity index (χ1v) is 10.2. The van der Waals surface area contributed by atoms with Gasteiger partial charge in [0.25, 0.3) is 5.91 Å². The first-order chi connectivity index (χ1) is 13.3. The molecule has 4 rings (SSSR count). The van der Waals surface area contributed by atoms with Gasteiger partial charge in [0.2, 0.25) is 0 Å². The van der Waals surface area contributed by atoms with Crippen LogP contribution in [0.4, 0.5) is 0 Å². The lowest BCUT2D eigenvalue weighted by atomic mass is 10.0. The SMILES string of the molecule is O=C(c1ccncc1)N1CC[NH+](C2CC[NH+](Cc3ccccc3)CC2)CC1. The molecule has 5 nitrogen and oxygen atoms in total. The molecule has 1 amide bonds. The predicted octanol–water partition coefficient (Wildman–Crippen LogP) is -0.330. The molecule has 0 saturated carbocycles. The van der Waals surface area contributed by atoms with Crippen LogP contribution in [0.3, 0.4) is 0 Å². The number of hydrogen-bond donors (Lipinski definition) is 2. The first-order valence-electron chi connectivity index (χ1n) is 10.2. The van der Waals surface area contributed by atoms with Crippen LogP contribution >= 0.6 is 0 Å². The average molecular weight is 367 g/mol. The van der Waals surface area contributed by atoms with Crippen molar-refractivity contribution in [1.82, 2.24) is 9.88 Å². The molecule has 3 heterocycles. The van der Waals surface area contributed by atoms with Crippen LogP contribution in [0.25, 0.3) is 0 Å². The lowest BCUT2D eigenvalue weighted by Crippen LogP contribution is -3.21. The third-order valence-corrected chi connectivity index (χ3v) is 6.19. The van der Waals surface area contributed by atoms with Crippen molar-refractivity contribution in [1.29, 1.82) is 0 Å². The van der Waals surface area contributed by atoms with Crippen molar-refractivity contribution in [3.63, 3.8) is 0 Å². The van der Waals surface area contributed by atoms with Gasteiger partial charge in [0.1, 0.15) is 6.54 Å². The van der Waals surface area contributed by atoms with E-state index in [1.54, 1.807) is 22.2 Å². The number of pyridine rings is 1. The average Bonchev–Trinajstić information content (AvgIpc) is 2.75. The van der Waals surface area contributed by atoms with E-state index in [0.717, 1.165) is 44.3 Å². The van der Waals surface area contributed by atoms with Crippen molar-refractivity contribution in [2.75, 3.05) is 39.3 Å². The molecule has 0 aliphatic carbocycles. The van der Waals surface area contributed by atoms with Crippen LogP contribution in [0, 0.1) is 0 Å². The van der Waals surface area contributed by atoms with Crippen molar-refractivity contribution >= 4 is 5.91 Å². The molecular weight excluding hydrogens is 336 g/mol. The number of likely N-dealkylation sites (tertiary alicyclic amines) is 1. The van der Waals surface area contributed by atoms with Crippen LogP contribution in [0.2, 0.25) is 0 Å². The molecular formula is C22H30N4O+2. The second kappa shape index (κ2) is 8.63. The van der Waals surface area contributed by atoms with Crippen molar-refractivity contribution in [3.05, 3.63) is 66.0 Å². The minimum atomic E-state index is 0.151. The molecule has 0 unspecified atom stereocenters. The maximum atomic E-state index is 12.6. The quantitative estimate of drug-likeness (QED) is 0.778. The number of benzene rings is 1. The second-order valence-electron chi connectivity index (χ2n) is 7.87. The van der Waals surface area contributed by atoms with Crippen LogP contribution in [0.15, 0.2) is 54.9 Å². The van der Waals surface area contributed by atoms with E-state index in [-0.39, 0.29) is 5.91 Å². The summed E-state index contributed by atoms with van der Waals surface area (Å²) in [6.45, 7) is 7.58. The van der Waals surface area contributed by atoms with Gasteiger partial charge in [-0.2, -0.15) is 0 Å². The highest BCUT2D eigenvalue weighted by atomic mass is 16.2. The summed E-state index contributed by atoms with van der Waals surface area (Å²) >= 11 is 0. The van der Waals surface area contributed by atoms with E-state index in [9.17, 15) is 4.79 Å². The van der Waals surface area contributed by atoms with Gasteiger partial charge in [-0.15, -0.1) is 0 Å². The molecule has 27 heavy (non-hydrogen) atoms. The Balaban J connectivity index is 1.23. The van der Waals surface area contributed by atoms with E-state index in [4.69, 9.17) is 0 Å². The van der Waals surface area contributed by atoms with Crippen LogP contribution < -0.4 is 9.80 Å². The Morgan fingerprint density at radius 1 is 0.963 bits per heavy atom. The van der Waals surface area contributed by atoms with Crippen molar-refractivity contribution in [2.45, 2.75) is 25.4 Å². The number of quaternary nitrogens is 2. The summed E-state index contributed by atoms with van der Waals surface area (Å²) < 4.78 is 0. The number of nitrogens with one attached hydrogen (secondary N) is 2. The Bertz CT molecular complexity index is 720. The van der Waals surface area contributed by atoms with E-state index < -0.39 is 0 Å². The number of carbonyl (C=O) groups is 1. The second-order valence-corrected chi connectivity index (χ2v) is 7.87. The third-order valence-electron chi connectivity index (χ3n) is 6.19. The zero-order chi connectivity index (χ0) is 18.5. The molecule has 2 aromatic rings. The molecule has 1 aromatic carbocycles. The summed E-state index contributed by atoms with van der Waals surface area (Å²) in [5.74, 6) is 0.151. The van der Waals surface area contributed by atoms with Crippen molar-refractivity contribution in [3.8, 4) is 0 Å². The number of amides is 1. The normalized spacial score (nSPS) is 23.9. The summed E-state index contributed by atoms with van der Waals surface area (Å²) in [5, 5.41) is 0. The summed E-state index contributed by atoms with van der Waals surface area (Å²) in [6, 6.07) is 15.2. The maximum absolute atomic E-state index is 12.6. The number of carbonyl (C=O) groups excluding carboxylic acids is 1.